The molecule has 14 heavy (non-hydrogen) atoms. The minimum Gasteiger partial charge on any atom is -0.508 e. The quantitative estimate of drug-likeness (QED) is 0.781. The first-order valence-electron chi connectivity index (χ1n) is 4.61. The molecule has 0 bridgehead atoms. The van der Waals surface area contributed by atoms with Gasteiger partial charge in [-0.1, -0.05) is 0 Å². The van der Waals surface area contributed by atoms with Gasteiger partial charge in [0, 0.05) is 18.7 Å². The fourth-order valence-corrected chi connectivity index (χ4v) is 1.46. The van der Waals surface area contributed by atoms with Crippen molar-refractivity contribution in [3.8, 4) is 5.75 Å². The van der Waals surface area contributed by atoms with Crippen molar-refractivity contribution >= 4 is 11.6 Å². The van der Waals surface area contributed by atoms with Crippen LogP contribution in [0.5, 0.6) is 5.75 Å². The molecule has 0 aliphatic carbocycles. The molecule has 0 aliphatic heterocycles. The van der Waals surface area contributed by atoms with Gasteiger partial charge in [-0.25, -0.2) is 0 Å². The van der Waals surface area contributed by atoms with Crippen LogP contribution in [0.2, 0.25) is 0 Å². The zero-order valence-electron chi connectivity index (χ0n) is 8.69. The number of hydrogen-bond acceptors (Lipinski definition) is 2. The Bertz CT molecular complexity index is 317. The van der Waals surface area contributed by atoms with E-state index in [1.165, 1.54) is 6.92 Å². The molecule has 1 aromatic rings. The molecule has 0 unspecified atom stereocenters. The highest BCUT2D eigenvalue weighted by Crippen LogP contribution is 2.20. The van der Waals surface area contributed by atoms with Gasteiger partial charge in [0.1, 0.15) is 5.75 Å². The Hall–Kier alpha value is -1.51. The van der Waals surface area contributed by atoms with E-state index < -0.39 is 0 Å². The van der Waals surface area contributed by atoms with Crippen LogP contribution < -0.4 is 4.90 Å². The summed E-state index contributed by atoms with van der Waals surface area (Å²) in [5.41, 5.74) is 0.810. The lowest BCUT2D eigenvalue weighted by Gasteiger charge is -2.25. The van der Waals surface area contributed by atoms with Crippen LogP contribution in [0.25, 0.3) is 0 Å². The lowest BCUT2D eigenvalue weighted by atomic mass is 10.2. The van der Waals surface area contributed by atoms with Crippen LogP contribution in [0.1, 0.15) is 20.8 Å². The highest BCUT2D eigenvalue weighted by atomic mass is 16.3. The van der Waals surface area contributed by atoms with Gasteiger partial charge in [0.2, 0.25) is 5.91 Å². The standard InChI is InChI=1S/C11H15NO2/c1-8(2)12(9(3)13)10-4-6-11(14)7-5-10/h4-8,14H,1-3H3. The van der Waals surface area contributed by atoms with Gasteiger partial charge in [-0.15, -0.1) is 0 Å². The monoisotopic (exact) mass is 193 g/mol. The maximum absolute atomic E-state index is 11.3. The lowest BCUT2D eigenvalue weighted by molar-refractivity contribution is -0.116. The zero-order chi connectivity index (χ0) is 10.7. The van der Waals surface area contributed by atoms with Crippen molar-refractivity contribution in [2.75, 3.05) is 4.90 Å². The average molecular weight is 193 g/mol. The predicted molar refractivity (Wildman–Crippen MR) is 56.4 cm³/mol. The first-order valence-corrected chi connectivity index (χ1v) is 4.61. The summed E-state index contributed by atoms with van der Waals surface area (Å²) in [4.78, 5) is 13.0. The summed E-state index contributed by atoms with van der Waals surface area (Å²) in [6, 6.07) is 6.74. The number of phenols is 1. The Morgan fingerprint density at radius 2 is 1.79 bits per heavy atom. The first-order chi connectivity index (χ1) is 6.52. The minimum absolute atomic E-state index is 0.00527. The summed E-state index contributed by atoms with van der Waals surface area (Å²) in [5.74, 6) is 0.215. The summed E-state index contributed by atoms with van der Waals surface area (Å²) in [6.07, 6.45) is 0. The maximum atomic E-state index is 11.3. The van der Waals surface area contributed by atoms with Gasteiger partial charge in [0.25, 0.3) is 0 Å². The van der Waals surface area contributed by atoms with E-state index >= 15 is 0 Å². The molecule has 0 fully saturated rings. The number of phenolic OH excluding ortho intramolecular Hbond substituents is 1. The van der Waals surface area contributed by atoms with Gasteiger partial charge in [-0.2, -0.15) is 0 Å². The van der Waals surface area contributed by atoms with E-state index in [-0.39, 0.29) is 17.7 Å². The lowest BCUT2D eigenvalue weighted by Crippen LogP contribution is -2.34. The van der Waals surface area contributed by atoms with E-state index in [1.807, 2.05) is 13.8 Å². The number of aromatic hydroxyl groups is 1. The smallest absolute Gasteiger partial charge is 0.224 e. The molecule has 1 amide bonds. The summed E-state index contributed by atoms with van der Waals surface area (Å²) < 4.78 is 0. The van der Waals surface area contributed by atoms with Crippen molar-refractivity contribution in [3.63, 3.8) is 0 Å². The van der Waals surface area contributed by atoms with E-state index in [4.69, 9.17) is 5.11 Å². The van der Waals surface area contributed by atoms with E-state index in [1.54, 1.807) is 29.2 Å². The normalized spacial score (nSPS) is 10.3. The van der Waals surface area contributed by atoms with Crippen molar-refractivity contribution < 1.29 is 9.90 Å². The fraction of sp³-hybridized carbons (Fsp3) is 0.364. The molecule has 1 aromatic carbocycles. The average Bonchev–Trinajstić information content (AvgIpc) is 2.07. The highest BCUT2D eigenvalue weighted by Gasteiger charge is 2.14. The third-order valence-electron chi connectivity index (χ3n) is 1.98. The molecule has 3 nitrogen and oxygen atoms in total. The Labute approximate surface area is 84.0 Å². The molecule has 3 heteroatoms. The van der Waals surface area contributed by atoms with Gasteiger partial charge < -0.3 is 10.0 Å². The van der Waals surface area contributed by atoms with Crippen molar-refractivity contribution in [3.05, 3.63) is 24.3 Å². The van der Waals surface area contributed by atoms with Crippen LogP contribution in [-0.4, -0.2) is 17.1 Å². The molecule has 0 saturated carbocycles. The van der Waals surface area contributed by atoms with Gasteiger partial charge >= 0.3 is 0 Å². The van der Waals surface area contributed by atoms with Crippen LogP contribution in [-0.2, 0) is 4.79 Å². The molecule has 0 atom stereocenters. The van der Waals surface area contributed by atoms with Crippen molar-refractivity contribution in [1.29, 1.82) is 0 Å². The first kappa shape index (κ1) is 10.6. The van der Waals surface area contributed by atoms with Gasteiger partial charge in [-0.05, 0) is 38.1 Å². The zero-order valence-corrected chi connectivity index (χ0v) is 8.69. The van der Waals surface area contributed by atoms with E-state index in [9.17, 15) is 4.79 Å². The van der Waals surface area contributed by atoms with Gasteiger partial charge in [0.15, 0.2) is 0 Å². The summed E-state index contributed by atoms with van der Waals surface area (Å²) in [7, 11) is 0. The number of nitrogens with zero attached hydrogens (tertiary/aromatic N) is 1. The molecule has 0 heterocycles. The van der Waals surface area contributed by atoms with E-state index in [0.717, 1.165) is 5.69 Å². The Morgan fingerprint density at radius 1 is 1.29 bits per heavy atom. The Kier molecular flexibility index (Phi) is 3.12. The Morgan fingerprint density at radius 3 is 2.14 bits per heavy atom. The molecule has 0 aromatic heterocycles. The third-order valence-corrected chi connectivity index (χ3v) is 1.98. The summed E-state index contributed by atoms with van der Waals surface area (Å²) in [5, 5.41) is 9.11. The molecule has 0 spiro atoms. The second-order valence-corrected chi connectivity index (χ2v) is 3.50. The highest BCUT2D eigenvalue weighted by molar-refractivity contribution is 5.91. The SMILES string of the molecule is CC(=O)N(c1ccc(O)cc1)C(C)C. The Balaban J connectivity index is 3.00. The second kappa shape index (κ2) is 4.13. The number of carbonyl (C=O) groups is 1. The molecular weight excluding hydrogens is 178 g/mol. The van der Waals surface area contributed by atoms with Crippen molar-refractivity contribution in [1.82, 2.24) is 0 Å². The number of hydrogen-bond donors (Lipinski definition) is 1. The van der Waals surface area contributed by atoms with Crippen LogP contribution >= 0.6 is 0 Å². The molecule has 76 valence electrons. The predicted octanol–water partition coefficient (Wildman–Crippen LogP) is 2.15. The summed E-state index contributed by atoms with van der Waals surface area (Å²) >= 11 is 0. The molecule has 1 N–H and O–H groups in total. The topological polar surface area (TPSA) is 40.5 Å². The second-order valence-electron chi connectivity index (χ2n) is 3.50. The van der Waals surface area contributed by atoms with Gasteiger partial charge in [-0.3, -0.25) is 4.79 Å². The number of amides is 1. The van der Waals surface area contributed by atoms with E-state index in [2.05, 4.69) is 0 Å². The molecule has 0 saturated heterocycles. The number of benzene rings is 1. The van der Waals surface area contributed by atoms with Crippen LogP contribution in [0.15, 0.2) is 24.3 Å². The number of carbonyl (C=O) groups excluding carboxylic acids is 1. The largest absolute Gasteiger partial charge is 0.508 e. The molecule has 1 rings (SSSR count). The minimum atomic E-state index is 0.00527. The van der Waals surface area contributed by atoms with Crippen LogP contribution in [0.4, 0.5) is 5.69 Å². The molecule has 0 aliphatic rings. The van der Waals surface area contributed by atoms with Crippen LogP contribution in [0.3, 0.4) is 0 Å². The number of anilines is 1. The van der Waals surface area contributed by atoms with Crippen molar-refractivity contribution in [2.45, 2.75) is 26.8 Å². The van der Waals surface area contributed by atoms with Crippen molar-refractivity contribution in [2.24, 2.45) is 0 Å². The van der Waals surface area contributed by atoms with Gasteiger partial charge in [0.05, 0.1) is 0 Å². The fourth-order valence-electron chi connectivity index (χ4n) is 1.46. The molecular formula is C11H15NO2. The van der Waals surface area contributed by atoms with E-state index in [0.29, 0.717) is 0 Å². The van der Waals surface area contributed by atoms with Crippen LogP contribution in [0, 0.1) is 0 Å². The molecule has 0 radical (unpaired) electrons. The number of rotatable bonds is 2. The summed E-state index contributed by atoms with van der Waals surface area (Å²) in [6.45, 7) is 5.44. The third kappa shape index (κ3) is 2.25. The maximum Gasteiger partial charge on any atom is 0.224 e.